The van der Waals surface area contributed by atoms with Crippen LogP contribution in [0.2, 0.25) is 0 Å². The summed E-state index contributed by atoms with van der Waals surface area (Å²) in [5, 5.41) is 4.14. The zero-order valence-electron chi connectivity index (χ0n) is 15.8. The van der Waals surface area contributed by atoms with E-state index in [1.807, 2.05) is 0 Å². The van der Waals surface area contributed by atoms with Crippen LogP contribution in [0, 0.1) is 0 Å². The molecule has 0 saturated heterocycles. The van der Waals surface area contributed by atoms with Crippen molar-refractivity contribution in [1.29, 1.82) is 0 Å². The maximum absolute atomic E-state index is 13.2. The SMILES string of the molecule is CCOc1ccc(C(=O)N(C)C)c2oc(-c3ncnn3C)c(OC)c(=O)c12. The number of rotatable bonds is 5. The maximum atomic E-state index is 13.2. The quantitative estimate of drug-likeness (QED) is 0.672. The summed E-state index contributed by atoms with van der Waals surface area (Å²) in [5.41, 5.74) is -0.0984. The van der Waals surface area contributed by atoms with Gasteiger partial charge < -0.3 is 18.8 Å². The molecular formula is C18H20N4O5. The minimum atomic E-state index is -0.450. The molecule has 142 valence electrons. The predicted octanol–water partition coefficient (Wildman–Crippen LogP) is 1.70. The summed E-state index contributed by atoms with van der Waals surface area (Å²) in [4.78, 5) is 31.3. The number of aryl methyl sites for hydroxylation is 1. The third-order valence-electron chi connectivity index (χ3n) is 4.02. The van der Waals surface area contributed by atoms with Gasteiger partial charge in [0.05, 0.1) is 19.3 Å². The molecule has 0 fully saturated rings. The van der Waals surface area contributed by atoms with Crippen LogP contribution in [-0.4, -0.2) is 53.4 Å². The van der Waals surface area contributed by atoms with E-state index in [4.69, 9.17) is 13.9 Å². The Morgan fingerprint density at radius 1 is 1.33 bits per heavy atom. The van der Waals surface area contributed by atoms with Crippen molar-refractivity contribution in [3.05, 3.63) is 34.2 Å². The van der Waals surface area contributed by atoms with E-state index >= 15 is 0 Å². The zero-order valence-corrected chi connectivity index (χ0v) is 15.8. The van der Waals surface area contributed by atoms with Crippen LogP contribution in [-0.2, 0) is 7.05 Å². The Bertz CT molecular complexity index is 1070. The maximum Gasteiger partial charge on any atom is 0.257 e. The van der Waals surface area contributed by atoms with E-state index in [-0.39, 0.29) is 33.9 Å². The van der Waals surface area contributed by atoms with Gasteiger partial charge in [-0.2, -0.15) is 5.10 Å². The fraction of sp³-hybridized carbons (Fsp3) is 0.333. The first-order chi connectivity index (χ1) is 12.9. The molecule has 27 heavy (non-hydrogen) atoms. The highest BCUT2D eigenvalue weighted by Crippen LogP contribution is 2.34. The van der Waals surface area contributed by atoms with Crippen molar-refractivity contribution in [3.63, 3.8) is 0 Å². The van der Waals surface area contributed by atoms with E-state index < -0.39 is 5.43 Å². The molecule has 2 heterocycles. The number of carbonyl (C=O) groups excluding carboxylic acids is 1. The molecule has 0 N–H and O–H groups in total. The molecule has 0 bridgehead atoms. The molecule has 2 aromatic heterocycles. The average Bonchev–Trinajstić information content (AvgIpc) is 3.06. The van der Waals surface area contributed by atoms with E-state index in [1.165, 1.54) is 23.0 Å². The molecule has 0 radical (unpaired) electrons. The molecule has 9 heteroatoms. The number of hydrogen-bond acceptors (Lipinski definition) is 7. The number of methoxy groups -OCH3 is 1. The summed E-state index contributed by atoms with van der Waals surface area (Å²) in [7, 11) is 6.27. The molecule has 0 saturated carbocycles. The van der Waals surface area contributed by atoms with Crippen LogP contribution in [0.25, 0.3) is 22.6 Å². The normalized spacial score (nSPS) is 10.9. The smallest absolute Gasteiger partial charge is 0.257 e. The molecule has 3 rings (SSSR count). The molecule has 1 aromatic carbocycles. The second-order valence-electron chi connectivity index (χ2n) is 5.95. The van der Waals surface area contributed by atoms with Gasteiger partial charge in [-0.15, -0.1) is 0 Å². The molecule has 0 spiro atoms. The molecule has 3 aromatic rings. The highest BCUT2D eigenvalue weighted by atomic mass is 16.5. The highest BCUT2D eigenvalue weighted by Gasteiger charge is 2.26. The minimum absolute atomic E-state index is 0.0333. The van der Waals surface area contributed by atoms with Gasteiger partial charge >= 0.3 is 0 Å². The number of fused-ring (bicyclic) bond motifs is 1. The van der Waals surface area contributed by atoms with Crippen LogP contribution in [0.15, 0.2) is 27.7 Å². The summed E-state index contributed by atoms with van der Waals surface area (Å²) < 4.78 is 18.3. The lowest BCUT2D eigenvalue weighted by Crippen LogP contribution is -2.22. The van der Waals surface area contributed by atoms with Crippen LogP contribution >= 0.6 is 0 Å². The Morgan fingerprint density at radius 2 is 2.07 bits per heavy atom. The second-order valence-corrected chi connectivity index (χ2v) is 5.95. The van der Waals surface area contributed by atoms with E-state index in [9.17, 15) is 9.59 Å². The fourth-order valence-corrected chi connectivity index (χ4v) is 2.77. The lowest BCUT2D eigenvalue weighted by molar-refractivity contribution is 0.0828. The lowest BCUT2D eigenvalue weighted by atomic mass is 10.1. The van der Waals surface area contributed by atoms with Crippen LogP contribution in [0.1, 0.15) is 17.3 Å². The van der Waals surface area contributed by atoms with Crippen LogP contribution in [0.5, 0.6) is 11.5 Å². The third-order valence-corrected chi connectivity index (χ3v) is 4.02. The number of hydrogen-bond donors (Lipinski definition) is 0. The number of aromatic nitrogens is 3. The van der Waals surface area contributed by atoms with Gasteiger partial charge in [0.1, 0.15) is 17.5 Å². The van der Waals surface area contributed by atoms with Gasteiger partial charge in [0.15, 0.2) is 11.4 Å². The first-order valence-corrected chi connectivity index (χ1v) is 8.27. The number of amides is 1. The monoisotopic (exact) mass is 372 g/mol. The van der Waals surface area contributed by atoms with Gasteiger partial charge in [0.25, 0.3) is 5.91 Å². The summed E-state index contributed by atoms with van der Waals surface area (Å²) >= 11 is 0. The van der Waals surface area contributed by atoms with Crippen molar-refractivity contribution in [1.82, 2.24) is 19.7 Å². The van der Waals surface area contributed by atoms with Crippen molar-refractivity contribution in [2.24, 2.45) is 7.05 Å². The topological polar surface area (TPSA) is 99.7 Å². The Hall–Kier alpha value is -3.36. The Labute approximate surface area is 155 Å². The second kappa shape index (κ2) is 7.10. The predicted molar refractivity (Wildman–Crippen MR) is 98.2 cm³/mol. The Balaban J connectivity index is 2.47. The van der Waals surface area contributed by atoms with Gasteiger partial charge in [0.2, 0.25) is 16.9 Å². The van der Waals surface area contributed by atoms with E-state index in [1.54, 1.807) is 40.2 Å². The molecule has 0 aliphatic rings. The number of benzene rings is 1. The third kappa shape index (κ3) is 3.01. The first-order valence-electron chi connectivity index (χ1n) is 8.27. The van der Waals surface area contributed by atoms with Crippen LogP contribution < -0.4 is 14.9 Å². The first kappa shape index (κ1) is 18.4. The average molecular weight is 372 g/mol. The van der Waals surface area contributed by atoms with Gasteiger partial charge in [-0.3, -0.25) is 9.59 Å². The molecular weight excluding hydrogens is 352 g/mol. The van der Waals surface area contributed by atoms with Crippen molar-refractivity contribution in [3.8, 4) is 23.1 Å². The fourth-order valence-electron chi connectivity index (χ4n) is 2.77. The Morgan fingerprint density at radius 3 is 2.63 bits per heavy atom. The van der Waals surface area contributed by atoms with Crippen LogP contribution in [0.3, 0.4) is 0 Å². The summed E-state index contributed by atoms with van der Waals surface area (Å²) in [5.74, 6) is 0.376. The van der Waals surface area contributed by atoms with Gasteiger partial charge in [-0.1, -0.05) is 0 Å². The van der Waals surface area contributed by atoms with E-state index in [0.29, 0.717) is 18.2 Å². The van der Waals surface area contributed by atoms with Gasteiger partial charge in [0, 0.05) is 21.1 Å². The largest absolute Gasteiger partial charge is 0.493 e. The summed E-state index contributed by atoms with van der Waals surface area (Å²) in [6.45, 7) is 2.15. The number of carbonyl (C=O) groups is 1. The zero-order chi connectivity index (χ0) is 19.7. The van der Waals surface area contributed by atoms with Crippen molar-refractivity contribution in [2.45, 2.75) is 6.92 Å². The van der Waals surface area contributed by atoms with Crippen molar-refractivity contribution >= 4 is 16.9 Å². The van der Waals surface area contributed by atoms with Crippen molar-refractivity contribution < 1.29 is 18.7 Å². The molecule has 9 nitrogen and oxygen atoms in total. The Kier molecular flexibility index (Phi) is 4.85. The lowest BCUT2D eigenvalue weighted by Gasteiger charge is -2.15. The van der Waals surface area contributed by atoms with Gasteiger partial charge in [-0.05, 0) is 19.1 Å². The van der Waals surface area contributed by atoms with E-state index in [2.05, 4.69) is 10.1 Å². The standard InChI is InChI=1S/C18H20N4O5/c1-6-26-11-8-7-10(18(24)21(2)3)14-12(11)13(23)15(25-5)16(27-14)17-19-9-20-22(17)4/h7-9H,6H2,1-5H3. The highest BCUT2D eigenvalue weighted by molar-refractivity contribution is 6.06. The number of ether oxygens (including phenoxy) is 2. The van der Waals surface area contributed by atoms with E-state index in [0.717, 1.165) is 0 Å². The molecule has 0 aliphatic carbocycles. The molecule has 1 amide bonds. The van der Waals surface area contributed by atoms with Gasteiger partial charge in [-0.25, -0.2) is 9.67 Å². The van der Waals surface area contributed by atoms with Crippen molar-refractivity contribution in [2.75, 3.05) is 27.8 Å². The molecule has 0 aliphatic heterocycles. The number of nitrogens with zero attached hydrogens (tertiary/aromatic N) is 4. The minimum Gasteiger partial charge on any atom is -0.493 e. The summed E-state index contributed by atoms with van der Waals surface area (Å²) in [6, 6.07) is 3.16. The molecule has 0 atom stereocenters. The van der Waals surface area contributed by atoms with Crippen LogP contribution in [0.4, 0.5) is 0 Å². The summed E-state index contributed by atoms with van der Waals surface area (Å²) in [6.07, 6.45) is 1.33. The molecule has 0 unspecified atom stereocenters.